The second kappa shape index (κ2) is 5.64. The van der Waals surface area contributed by atoms with Crippen LogP contribution in [-0.2, 0) is 0 Å². The molecule has 2 unspecified atom stereocenters. The SMILES string of the molecule is CC1CN(c2cc(NN)cc([N+](=O)[O-])c2)CC(C)N1C. The van der Waals surface area contributed by atoms with E-state index in [4.69, 9.17) is 5.84 Å². The number of nitro benzene ring substituents is 1. The van der Waals surface area contributed by atoms with Crippen LogP contribution in [0.1, 0.15) is 13.8 Å². The maximum Gasteiger partial charge on any atom is 0.273 e. The Morgan fingerprint density at radius 2 is 1.90 bits per heavy atom. The molecule has 2 rings (SSSR count). The van der Waals surface area contributed by atoms with E-state index >= 15 is 0 Å². The van der Waals surface area contributed by atoms with Crippen molar-refractivity contribution in [3.8, 4) is 0 Å². The van der Waals surface area contributed by atoms with Gasteiger partial charge in [0.1, 0.15) is 0 Å². The molecule has 0 aromatic heterocycles. The van der Waals surface area contributed by atoms with Gasteiger partial charge < -0.3 is 10.3 Å². The number of hydrogen-bond acceptors (Lipinski definition) is 6. The molecule has 7 nitrogen and oxygen atoms in total. The number of nitrogens with two attached hydrogens (primary N) is 1. The van der Waals surface area contributed by atoms with E-state index in [-0.39, 0.29) is 5.69 Å². The lowest BCUT2D eigenvalue weighted by atomic mass is 10.1. The molecule has 2 atom stereocenters. The molecule has 1 aromatic carbocycles. The molecule has 20 heavy (non-hydrogen) atoms. The first kappa shape index (κ1) is 14.5. The van der Waals surface area contributed by atoms with Crippen LogP contribution in [0.4, 0.5) is 17.1 Å². The van der Waals surface area contributed by atoms with Crippen LogP contribution < -0.4 is 16.2 Å². The summed E-state index contributed by atoms with van der Waals surface area (Å²) in [5.74, 6) is 5.39. The van der Waals surface area contributed by atoms with Crippen molar-refractivity contribution in [3.63, 3.8) is 0 Å². The number of piperazine rings is 1. The molecule has 1 saturated heterocycles. The summed E-state index contributed by atoms with van der Waals surface area (Å²) in [5.41, 5.74) is 3.92. The highest BCUT2D eigenvalue weighted by Gasteiger charge is 2.27. The van der Waals surface area contributed by atoms with Crippen LogP contribution in [0.15, 0.2) is 18.2 Å². The molecule has 0 spiro atoms. The van der Waals surface area contributed by atoms with Gasteiger partial charge in [0.25, 0.3) is 5.69 Å². The zero-order valence-electron chi connectivity index (χ0n) is 12.0. The Hall–Kier alpha value is -1.86. The predicted molar refractivity (Wildman–Crippen MR) is 79.8 cm³/mol. The van der Waals surface area contributed by atoms with Gasteiger partial charge in [-0.05, 0) is 27.0 Å². The minimum absolute atomic E-state index is 0.0506. The summed E-state index contributed by atoms with van der Waals surface area (Å²) in [5, 5.41) is 11.0. The lowest BCUT2D eigenvalue weighted by Crippen LogP contribution is -2.55. The molecule has 0 saturated carbocycles. The number of nitro groups is 1. The van der Waals surface area contributed by atoms with Crippen molar-refractivity contribution in [3.05, 3.63) is 28.3 Å². The standard InChI is InChI=1S/C13H21N5O2/c1-9-7-17(8-10(2)16(9)3)12-4-11(15-14)5-13(6-12)18(19)20/h4-6,9-10,15H,7-8,14H2,1-3H3. The van der Waals surface area contributed by atoms with Crippen molar-refractivity contribution >= 4 is 17.1 Å². The largest absolute Gasteiger partial charge is 0.368 e. The minimum atomic E-state index is -0.396. The molecule has 0 amide bonds. The van der Waals surface area contributed by atoms with Gasteiger partial charge in [-0.2, -0.15) is 0 Å². The number of benzene rings is 1. The van der Waals surface area contributed by atoms with E-state index in [0.717, 1.165) is 18.8 Å². The summed E-state index contributed by atoms with van der Waals surface area (Å²) in [6.07, 6.45) is 0. The monoisotopic (exact) mass is 279 g/mol. The van der Waals surface area contributed by atoms with E-state index in [1.54, 1.807) is 6.07 Å². The number of hydrazine groups is 1. The zero-order chi connectivity index (χ0) is 14.9. The predicted octanol–water partition coefficient (Wildman–Crippen LogP) is 1.41. The fourth-order valence-corrected chi connectivity index (χ4v) is 2.58. The summed E-state index contributed by atoms with van der Waals surface area (Å²) in [6, 6.07) is 5.68. The van der Waals surface area contributed by atoms with Gasteiger partial charge in [0.2, 0.25) is 0 Å². The highest BCUT2D eigenvalue weighted by Crippen LogP contribution is 2.29. The van der Waals surface area contributed by atoms with Gasteiger partial charge in [-0.1, -0.05) is 0 Å². The quantitative estimate of drug-likeness (QED) is 0.494. The Bertz CT molecular complexity index is 496. The number of anilines is 2. The van der Waals surface area contributed by atoms with Gasteiger partial charge in [0.15, 0.2) is 0 Å². The number of nitrogens with one attached hydrogen (secondary N) is 1. The van der Waals surface area contributed by atoms with E-state index in [0.29, 0.717) is 17.8 Å². The Morgan fingerprint density at radius 3 is 2.40 bits per heavy atom. The van der Waals surface area contributed by atoms with Gasteiger partial charge in [-0.15, -0.1) is 0 Å². The molecule has 3 N–H and O–H groups in total. The maximum absolute atomic E-state index is 11.0. The minimum Gasteiger partial charge on any atom is -0.368 e. The van der Waals surface area contributed by atoms with Crippen molar-refractivity contribution in [1.82, 2.24) is 4.90 Å². The van der Waals surface area contributed by atoms with E-state index in [2.05, 4.69) is 36.1 Å². The number of nitrogens with zero attached hydrogens (tertiary/aromatic N) is 3. The number of non-ortho nitro benzene ring substituents is 1. The number of nitrogen functional groups attached to an aromatic ring is 1. The van der Waals surface area contributed by atoms with Crippen LogP contribution in [0, 0.1) is 10.1 Å². The summed E-state index contributed by atoms with van der Waals surface area (Å²) in [6.45, 7) is 5.99. The third kappa shape index (κ3) is 2.83. The van der Waals surface area contributed by atoms with Crippen molar-refractivity contribution in [1.29, 1.82) is 0 Å². The first-order chi connectivity index (χ1) is 9.42. The van der Waals surface area contributed by atoms with Gasteiger partial charge in [-0.3, -0.25) is 20.9 Å². The van der Waals surface area contributed by atoms with Gasteiger partial charge in [-0.25, -0.2) is 0 Å². The zero-order valence-corrected chi connectivity index (χ0v) is 12.0. The van der Waals surface area contributed by atoms with Crippen LogP contribution in [0.25, 0.3) is 0 Å². The fraction of sp³-hybridized carbons (Fsp3) is 0.538. The van der Waals surface area contributed by atoms with Crippen molar-refractivity contribution < 1.29 is 4.92 Å². The number of rotatable bonds is 3. The average Bonchev–Trinajstić information content (AvgIpc) is 2.43. The first-order valence-corrected chi connectivity index (χ1v) is 6.65. The summed E-state index contributed by atoms with van der Waals surface area (Å²) >= 11 is 0. The molecule has 0 aliphatic carbocycles. The molecule has 1 aromatic rings. The molecule has 110 valence electrons. The van der Waals surface area contributed by atoms with Crippen LogP contribution in [0.2, 0.25) is 0 Å². The van der Waals surface area contributed by atoms with Crippen LogP contribution in [-0.4, -0.2) is 42.0 Å². The normalized spacial score (nSPS) is 23.7. The molecule has 1 heterocycles. The van der Waals surface area contributed by atoms with Crippen molar-refractivity contribution in [2.45, 2.75) is 25.9 Å². The lowest BCUT2D eigenvalue weighted by Gasteiger charge is -2.43. The Kier molecular flexibility index (Phi) is 4.10. The highest BCUT2D eigenvalue weighted by molar-refractivity contribution is 5.64. The molecular formula is C13H21N5O2. The fourth-order valence-electron chi connectivity index (χ4n) is 2.58. The van der Waals surface area contributed by atoms with E-state index in [1.807, 2.05) is 6.07 Å². The van der Waals surface area contributed by atoms with Gasteiger partial charge >= 0.3 is 0 Å². The van der Waals surface area contributed by atoms with Crippen LogP contribution >= 0.6 is 0 Å². The summed E-state index contributed by atoms with van der Waals surface area (Å²) in [7, 11) is 2.10. The third-order valence-corrected chi connectivity index (χ3v) is 4.00. The number of hydrogen-bond donors (Lipinski definition) is 2. The van der Waals surface area contributed by atoms with Crippen LogP contribution in [0.3, 0.4) is 0 Å². The maximum atomic E-state index is 11.0. The molecule has 1 aliphatic rings. The van der Waals surface area contributed by atoms with Gasteiger partial charge in [0, 0.05) is 43.0 Å². The van der Waals surface area contributed by atoms with Crippen LogP contribution in [0.5, 0.6) is 0 Å². The summed E-state index contributed by atoms with van der Waals surface area (Å²) < 4.78 is 0. The lowest BCUT2D eigenvalue weighted by molar-refractivity contribution is -0.384. The Morgan fingerprint density at radius 1 is 1.30 bits per heavy atom. The second-order valence-electron chi connectivity index (χ2n) is 5.41. The molecule has 0 radical (unpaired) electrons. The smallest absolute Gasteiger partial charge is 0.273 e. The summed E-state index contributed by atoms with van der Waals surface area (Å²) in [4.78, 5) is 15.1. The second-order valence-corrected chi connectivity index (χ2v) is 5.41. The average molecular weight is 279 g/mol. The molecule has 7 heteroatoms. The molecular weight excluding hydrogens is 258 g/mol. The first-order valence-electron chi connectivity index (χ1n) is 6.65. The van der Waals surface area contributed by atoms with E-state index in [9.17, 15) is 10.1 Å². The van der Waals surface area contributed by atoms with E-state index < -0.39 is 4.92 Å². The Balaban J connectivity index is 2.32. The third-order valence-electron chi connectivity index (χ3n) is 4.00. The molecule has 1 aliphatic heterocycles. The molecule has 0 bridgehead atoms. The number of likely N-dealkylation sites (N-methyl/N-ethyl adjacent to an activating group) is 1. The van der Waals surface area contributed by atoms with Crippen molar-refractivity contribution in [2.24, 2.45) is 5.84 Å². The van der Waals surface area contributed by atoms with E-state index in [1.165, 1.54) is 6.07 Å². The molecule has 1 fully saturated rings. The van der Waals surface area contributed by atoms with Crippen molar-refractivity contribution in [2.75, 3.05) is 30.5 Å². The van der Waals surface area contributed by atoms with Gasteiger partial charge in [0.05, 0.1) is 10.6 Å². The highest BCUT2D eigenvalue weighted by atomic mass is 16.6. The Labute approximate surface area is 118 Å². The topological polar surface area (TPSA) is 87.7 Å².